The molecule has 0 unspecified atom stereocenters. The minimum absolute atomic E-state index is 0.149. The zero-order chi connectivity index (χ0) is 28.7. The molecule has 1 aromatic rings. The van der Waals surface area contributed by atoms with Crippen LogP contribution in [0.4, 0.5) is 5.69 Å². The third-order valence-corrected chi connectivity index (χ3v) is 8.16. The summed E-state index contributed by atoms with van der Waals surface area (Å²) in [5, 5.41) is 10.9. The second-order valence-corrected chi connectivity index (χ2v) is 10.5. The summed E-state index contributed by atoms with van der Waals surface area (Å²) in [7, 11) is 4.79. The van der Waals surface area contributed by atoms with E-state index in [1.54, 1.807) is 0 Å². The zero-order valence-corrected chi connectivity index (χ0v) is 23.4. The quantitative estimate of drug-likeness (QED) is 0.245. The molecule has 16 heteroatoms. The lowest BCUT2D eigenvalue weighted by Crippen LogP contribution is -2.65. The van der Waals surface area contributed by atoms with Crippen LogP contribution in [0.25, 0.3) is 0 Å². The Hall–Kier alpha value is -1.83. The average molecular weight is 581 g/mol. The Bertz CT molecular complexity index is 1030. The summed E-state index contributed by atoms with van der Waals surface area (Å²) in [6.07, 6.45) is -6.88. The lowest BCUT2D eigenvalue weighted by molar-refractivity contribution is -0.384. The monoisotopic (exact) mass is 580 g/mol. The fraction of sp³-hybridized carbons (Fsp3) is 0.739. The largest absolute Gasteiger partial charge is 0.376 e. The molecule has 15 nitrogen and oxygen atoms in total. The highest BCUT2D eigenvalue weighted by Crippen LogP contribution is 2.32. The highest BCUT2D eigenvalue weighted by molar-refractivity contribution is 7.89. The van der Waals surface area contributed by atoms with Gasteiger partial charge in [-0.2, -0.15) is 0 Å². The third-order valence-electron chi connectivity index (χ3n) is 6.72. The predicted octanol–water partition coefficient (Wildman–Crippen LogP) is 0.0609. The number of non-ortho nitro benzene ring substituents is 1. The first-order valence-electron chi connectivity index (χ1n) is 12.0. The fourth-order valence-electron chi connectivity index (χ4n) is 4.69. The van der Waals surface area contributed by atoms with Gasteiger partial charge < -0.3 is 42.6 Å². The van der Waals surface area contributed by atoms with E-state index in [0.717, 1.165) is 24.3 Å². The van der Waals surface area contributed by atoms with E-state index in [1.165, 1.54) is 42.7 Å². The van der Waals surface area contributed by atoms with Crippen LogP contribution in [0.5, 0.6) is 0 Å². The number of hydrogen-bond acceptors (Lipinski definition) is 13. The van der Waals surface area contributed by atoms with Crippen LogP contribution < -0.4 is 4.72 Å². The molecular formula is C23H36N2O13S. The van der Waals surface area contributed by atoms with Crippen LogP contribution >= 0.6 is 0 Å². The Morgan fingerprint density at radius 1 is 0.846 bits per heavy atom. The van der Waals surface area contributed by atoms with E-state index in [1.807, 2.05) is 0 Å². The number of nitrogens with one attached hydrogen (secondary N) is 1. The van der Waals surface area contributed by atoms with Crippen LogP contribution in [0.3, 0.4) is 0 Å². The van der Waals surface area contributed by atoms with Crippen molar-refractivity contribution in [3.63, 3.8) is 0 Å². The molecule has 2 aliphatic heterocycles. The van der Waals surface area contributed by atoms with Gasteiger partial charge in [0.05, 0.1) is 16.4 Å². The second kappa shape index (κ2) is 14.2. The predicted molar refractivity (Wildman–Crippen MR) is 133 cm³/mol. The summed E-state index contributed by atoms with van der Waals surface area (Å²) in [4.78, 5) is 10.1. The second-order valence-electron chi connectivity index (χ2n) is 8.76. The van der Waals surface area contributed by atoms with Gasteiger partial charge in [-0.3, -0.25) is 10.1 Å². The normalized spacial score (nSPS) is 33.6. The number of nitro groups is 1. The van der Waals surface area contributed by atoms with Gasteiger partial charge in [-0.25, -0.2) is 13.1 Å². The Labute approximate surface area is 227 Å². The van der Waals surface area contributed by atoms with E-state index in [0.29, 0.717) is 0 Å². The van der Waals surface area contributed by atoms with Crippen LogP contribution in [0.15, 0.2) is 29.2 Å². The number of nitro benzene ring substituents is 1. The molecule has 0 bridgehead atoms. The van der Waals surface area contributed by atoms with Gasteiger partial charge in [0, 0.05) is 61.3 Å². The van der Waals surface area contributed by atoms with Crippen LogP contribution in [-0.2, 0) is 52.7 Å². The fourth-order valence-corrected chi connectivity index (χ4v) is 5.73. The van der Waals surface area contributed by atoms with Crippen molar-refractivity contribution in [2.75, 3.05) is 55.8 Å². The maximum atomic E-state index is 13.0. The van der Waals surface area contributed by atoms with Gasteiger partial charge >= 0.3 is 0 Å². The SMILES string of the molecule is CO[C@H]1O[C@H](CNS(=O)(=O)c2ccc([N+](=O)[O-])cc2)[C@@H](O[C@H]2OC[C@@H](OC)[C@H](OC)[C@@H]2OC)[C@H](OC)[C@H]1OC. The molecule has 222 valence electrons. The maximum Gasteiger partial charge on any atom is 0.269 e. The summed E-state index contributed by atoms with van der Waals surface area (Å²) in [5.41, 5.74) is -0.236. The molecule has 1 N–H and O–H groups in total. The van der Waals surface area contributed by atoms with E-state index in [4.69, 9.17) is 42.6 Å². The first kappa shape index (κ1) is 31.7. The smallest absolute Gasteiger partial charge is 0.269 e. The highest BCUT2D eigenvalue weighted by Gasteiger charge is 2.51. The highest BCUT2D eigenvalue weighted by atomic mass is 32.2. The number of sulfonamides is 1. The summed E-state index contributed by atoms with van der Waals surface area (Å²) in [6, 6.07) is 4.49. The number of benzene rings is 1. The molecule has 0 aliphatic carbocycles. The Morgan fingerprint density at radius 3 is 1.95 bits per heavy atom. The molecule has 0 radical (unpaired) electrons. The molecule has 0 saturated carbocycles. The van der Waals surface area contributed by atoms with E-state index in [2.05, 4.69) is 4.72 Å². The molecule has 1 aromatic carbocycles. The summed E-state index contributed by atoms with van der Waals surface area (Å²) >= 11 is 0. The van der Waals surface area contributed by atoms with Gasteiger partial charge in [-0.05, 0) is 12.1 Å². The standard InChI is InChI=1S/C23H36N2O13S/c1-30-16-12-36-23(20(33-4)17(16)31-2)38-18-15(37-22(35-6)21(34-5)19(18)32-3)11-24-39(28,29)14-9-7-13(8-10-14)25(26)27/h7-10,15-24H,11-12H2,1-6H3/t15-,16-,17+,18-,19+,20+,21-,22+,23-/m1/s1. The molecule has 0 amide bonds. The molecule has 2 fully saturated rings. The molecule has 2 heterocycles. The molecule has 0 aromatic heterocycles. The Kier molecular flexibility index (Phi) is 11.5. The van der Waals surface area contributed by atoms with E-state index < -0.39 is 70.3 Å². The van der Waals surface area contributed by atoms with Gasteiger partial charge in [-0.1, -0.05) is 0 Å². The maximum absolute atomic E-state index is 13.0. The molecule has 0 spiro atoms. The summed E-state index contributed by atoms with van der Waals surface area (Å²) in [6.45, 7) is -0.116. The average Bonchev–Trinajstić information content (AvgIpc) is 2.95. The van der Waals surface area contributed by atoms with Gasteiger partial charge in [0.25, 0.3) is 5.69 Å². The molecule has 2 aliphatic rings. The van der Waals surface area contributed by atoms with E-state index >= 15 is 0 Å². The zero-order valence-electron chi connectivity index (χ0n) is 22.6. The van der Waals surface area contributed by atoms with Gasteiger partial charge in [0.15, 0.2) is 12.6 Å². The van der Waals surface area contributed by atoms with Crippen molar-refractivity contribution in [3.05, 3.63) is 34.4 Å². The molecule has 39 heavy (non-hydrogen) atoms. The van der Waals surface area contributed by atoms with Gasteiger partial charge in [0.1, 0.15) is 42.7 Å². The molecule has 3 rings (SSSR count). The van der Waals surface area contributed by atoms with Crippen LogP contribution in [0.1, 0.15) is 0 Å². The van der Waals surface area contributed by atoms with E-state index in [9.17, 15) is 18.5 Å². The lowest BCUT2D eigenvalue weighted by atomic mass is 9.97. The van der Waals surface area contributed by atoms with Crippen molar-refractivity contribution in [1.82, 2.24) is 4.72 Å². The van der Waals surface area contributed by atoms with Crippen LogP contribution in [0.2, 0.25) is 0 Å². The molecular weight excluding hydrogens is 544 g/mol. The Morgan fingerprint density at radius 2 is 1.44 bits per heavy atom. The van der Waals surface area contributed by atoms with Crippen molar-refractivity contribution >= 4 is 15.7 Å². The van der Waals surface area contributed by atoms with Crippen molar-refractivity contribution in [3.8, 4) is 0 Å². The number of rotatable bonds is 13. The molecule has 9 atom stereocenters. The first-order chi connectivity index (χ1) is 18.6. The number of methoxy groups -OCH3 is 6. The lowest BCUT2D eigenvalue weighted by Gasteiger charge is -2.47. The summed E-state index contributed by atoms with van der Waals surface area (Å²) < 4.78 is 80.1. The summed E-state index contributed by atoms with van der Waals surface area (Å²) in [5.74, 6) is 0. The van der Waals surface area contributed by atoms with Crippen molar-refractivity contribution in [1.29, 1.82) is 0 Å². The van der Waals surface area contributed by atoms with Gasteiger partial charge in [-0.15, -0.1) is 0 Å². The molecule has 2 saturated heterocycles. The van der Waals surface area contributed by atoms with Crippen molar-refractivity contribution in [2.45, 2.75) is 60.2 Å². The van der Waals surface area contributed by atoms with Gasteiger partial charge in [0.2, 0.25) is 10.0 Å². The van der Waals surface area contributed by atoms with Crippen molar-refractivity contribution in [2.24, 2.45) is 0 Å². The minimum Gasteiger partial charge on any atom is -0.376 e. The Balaban J connectivity index is 1.86. The van der Waals surface area contributed by atoms with E-state index in [-0.39, 0.29) is 23.7 Å². The number of nitrogens with zero attached hydrogens (tertiary/aromatic N) is 1. The first-order valence-corrected chi connectivity index (χ1v) is 13.5. The number of hydrogen-bond donors (Lipinski definition) is 1. The third kappa shape index (κ3) is 7.09. The topological polar surface area (TPSA) is 172 Å². The van der Waals surface area contributed by atoms with Crippen LogP contribution in [-0.4, -0.2) is 124 Å². The van der Waals surface area contributed by atoms with Crippen LogP contribution in [0, 0.1) is 10.1 Å². The minimum atomic E-state index is -4.08. The number of ether oxygens (including phenoxy) is 9. The van der Waals surface area contributed by atoms with Crippen molar-refractivity contribution < 1.29 is 56.0 Å².